The van der Waals surface area contributed by atoms with Crippen molar-refractivity contribution in [2.75, 3.05) is 18.8 Å². The number of nitrogens with one attached hydrogen (secondary N) is 1. The lowest BCUT2D eigenvalue weighted by Gasteiger charge is -2.20. The number of aromatic nitrogens is 2. The quantitative estimate of drug-likeness (QED) is 0.819. The van der Waals surface area contributed by atoms with E-state index >= 15 is 0 Å². The molecule has 2 heterocycles. The third kappa shape index (κ3) is 2.60. The number of H-pyrrole nitrogens is 1. The molecule has 0 bridgehead atoms. The Labute approximate surface area is 101 Å². The summed E-state index contributed by atoms with van der Waals surface area (Å²) in [7, 11) is 0. The minimum absolute atomic E-state index is 0.00741. The van der Waals surface area contributed by atoms with Crippen molar-refractivity contribution in [3.63, 3.8) is 0 Å². The Morgan fingerprint density at radius 3 is 3.06 bits per heavy atom. The standard InChI is InChI=1S/C12H20N4O/c1-2-9-4-3-6-16(7-5-9)12(17)10-8-14-15-11(10)13/h8-9H,2-7H2,1H3,(H3,13,14,15). The number of nitrogens with two attached hydrogens (primary N) is 1. The highest BCUT2D eigenvalue weighted by molar-refractivity contribution is 5.98. The van der Waals surface area contributed by atoms with Gasteiger partial charge in [-0.25, -0.2) is 0 Å². The van der Waals surface area contributed by atoms with Gasteiger partial charge in [-0.15, -0.1) is 0 Å². The lowest BCUT2D eigenvalue weighted by atomic mass is 9.98. The number of nitrogens with zero attached hydrogens (tertiary/aromatic N) is 2. The maximum atomic E-state index is 12.2. The van der Waals surface area contributed by atoms with E-state index in [1.54, 1.807) is 0 Å². The second kappa shape index (κ2) is 5.21. The Morgan fingerprint density at radius 2 is 2.41 bits per heavy atom. The van der Waals surface area contributed by atoms with Gasteiger partial charge in [0.25, 0.3) is 5.91 Å². The van der Waals surface area contributed by atoms with Gasteiger partial charge in [-0.2, -0.15) is 5.10 Å². The van der Waals surface area contributed by atoms with Crippen molar-refractivity contribution >= 4 is 11.7 Å². The lowest BCUT2D eigenvalue weighted by molar-refractivity contribution is 0.0761. The van der Waals surface area contributed by atoms with Crippen molar-refractivity contribution in [2.24, 2.45) is 5.92 Å². The summed E-state index contributed by atoms with van der Waals surface area (Å²) < 4.78 is 0. The summed E-state index contributed by atoms with van der Waals surface area (Å²) in [5.41, 5.74) is 6.18. The van der Waals surface area contributed by atoms with Crippen molar-refractivity contribution in [1.82, 2.24) is 15.1 Å². The van der Waals surface area contributed by atoms with Gasteiger partial charge in [0.15, 0.2) is 0 Å². The number of carbonyl (C=O) groups excluding carboxylic acids is 1. The van der Waals surface area contributed by atoms with Crippen LogP contribution in [0.15, 0.2) is 6.20 Å². The molecule has 1 aliphatic heterocycles. The summed E-state index contributed by atoms with van der Waals surface area (Å²) in [4.78, 5) is 14.1. The van der Waals surface area contributed by atoms with Gasteiger partial charge in [-0.3, -0.25) is 9.89 Å². The second-order valence-electron chi connectivity index (χ2n) is 4.69. The highest BCUT2D eigenvalue weighted by atomic mass is 16.2. The molecule has 2 rings (SSSR count). The van der Waals surface area contributed by atoms with Gasteiger partial charge in [0.05, 0.1) is 6.20 Å². The fraction of sp³-hybridized carbons (Fsp3) is 0.667. The molecule has 1 atom stereocenters. The van der Waals surface area contributed by atoms with E-state index in [0.29, 0.717) is 11.4 Å². The zero-order chi connectivity index (χ0) is 12.3. The minimum atomic E-state index is 0.00741. The van der Waals surface area contributed by atoms with Gasteiger partial charge >= 0.3 is 0 Å². The predicted octanol–water partition coefficient (Wildman–Crippen LogP) is 1.64. The van der Waals surface area contributed by atoms with Crippen LogP contribution in [-0.2, 0) is 0 Å². The van der Waals surface area contributed by atoms with Gasteiger partial charge in [0.2, 0.25) is 0 Å². The molecule has 0 aromatic carbocycles. The zero-order valence-corrected chi connectivity index (χ0v) is 10.3. The van der Waals surface area contributed by atoms with E-state index < -0.39 is 0 Å². The summed E-state index contributed by atoms with van der Waals surface area (Å²) in [6.07, 6.45) is 6.12. The Kier molecular flexibility index (Phi) is 3.66. The van der Waals surface area contributed by atoms with Crippen LogP contribution in [0.4, 0.5) is 5.82 Å². The number of nitrogen functional groups attached to an aromatic ring is 1. The molecule has 1 aromatic rings. The van der Waals surface area contributed by atoms with E-state index in [1.165, 1.54) is 19.0 Å². The van der Waals surface area contributed by atoms with Crippen LogP contribution in [0.3, 0.4) is 0 Å². The van der Waals surface area contributed by atoms with Crippen LogP contribution in [0.2, 0.25) is 0 Å². The van der Waals surface area contributed by atoms with E-state index in [-0.39, 0.29) is 5.91 Å². The summed E-state index contributed by atoms with van der Waals surface area (Å²) in [6.45, 7) is 3.89. The van der Waals surface area contributed by atoms with Gasteiger partial charge in [0.1, 0.15) is 11.4 Å². The fourth-order valence-electron chi connectivity index (χ4n) is 2.41. The van der Waals surface area contributed by atoms with E-state index in [1.807, 2.05) is 4.90 Å². The third-order valence-corrected chi connectivity index (χ3v) is 3.61. The third-order valence-electron chi connectivity index (χ3n) is 3.61. The first kappa shape index (κ1) is 12.0. The molecule has 94 valence electrons. The maximum absolute atomic E-state index is 12.2. The molecular formula is C12H20N4O. The Bertz CT molecular complexity index is 388. The van der Waals surface area contributed by atoms with Gasteiger partial charge in [-0.1, -0.05) is 13.3 Å². The summed E-state index contributed by atoms with van der Waals surface area (Å²) in [6, 6.07) is 0. The largest absolute Gasteiger partial charge is 0.383 e. The summed E-state index contributed by atoms with van der Waals surface area (Å²) in [5.74, 6) is 1.13. The van der Waals surface area contributed by atoms with Gasteiger partial charge < -0.3 is 10.6 Å². The number of rotatable bonds is 2. The molecule has 17 heavy (non-hydrogen) atoms. The van der Waals surface area contributed by atoms with Gasteiger partial charge in [-0.05, 0) is 25.2 Å². The van der Waals surface area contributed by atoms with Crippen LogP contribution in [0.1, 0.15) is 43.0 Å². The van der Waals surface area contributed by atoms with Crippen molar-refractivity contribution in [2.45, 2.75) is 32.6 Å². The van der Waals surface area contributed by atoms with Crippen LogP contribution in [0.25, 0.3) is 0 Å². The molecule has 3 N–H and O–H groups in total. The number of likely N-dealkylation sites (tertiary alicyclic amines) is 1. The average Bonchev–Trinajstić information content (AvgIpc) is 2.64. The fourth-order valence-corrected chi connectivity index (χ4v) is 2.41. The van der Waals surface area contributed by atoms with Crippen LogP contribution >= 0.6 is 0 Å². The monoisotopic (exact) mass is 236 g/mol. The average molecular weight is 236 g/mol. The topological polar surface area (TPSA) is 75.0 Å². The maximum Gasteiger partial charge on any atom is 0.259 e. The molecule has 0 saturated carbocycles. The van der Waals surface area contributed by atoms with Crippen LogP contribution in [-0.4, -0.2) is 34.1 Å². The normalized spacial score (nSPS) is 21.2. The molecule has 5 heteroatoms. The molecule has 0 radical (unpaired) electrons. The molecule has 1 aliphatic rings. The number of anilines is 1. The molecule has 1 amide bonds. The molecule has 0 aliphatic carbocycles. The molecule has 1 aromatic heterocycles. The Hall–Kier alpha value is -1.52. The van der Waals surface area contributed by atoms with Crippen molar-refractivity contribution in [3.05, 3.63) is 11.8 Å². The minimum Gasteiger partial charge on any atom is -0.383 e. The number of aromatic amines is 1. The van der Waals surface area contributed by atoms with Gasteiger partial charge in [0, 0.05) is 13.1 Å². The van der Waals surface area contributed by atoms with E-state index in [0.717, 1.165) is 31.8 Å². The lowest BCUT2D eigenvalue weighted by Crippen LogP contribution is -2.32. The van der Waals surface area contributed by atoms with Crippen molar-refractivity contribution in [1.29, 1.82) is 0 Å². The van der Waals surface area contributed by atoms with E-state index in [4.69, 9.17) is 5.73 Å². The predicted molar refractivity (Wildman–Crippen MR) is 66.5 cm³/mol. The first-order valence-corrected chi connectivity index (χ1v) is 6.30. The zero-order valence-electron chi connectivity index (χ0n) is 10.3. The van der Waals surface area contributed by atoms with Crippen LogP contribution in [0, 0.1) is 5.92 Å². The first-order valence-electron chi connectivity index (χ1n) is 6.30. The number of carbonyl (C=O) groups is 1. The number of amides is 1. The summed E-state index contributed by atoms with van der Waals surface area (Å²) >= 11 is 0. The molecule has 5 nitrogen and oxygen atoms in total. The van der Waals surface area contributed by atoms with Crippen LogP contribution in [0.5, 0.6) is 0 Å². The Morgan fingerprint density at radius 1 is 1.59 bits per heavy atom. The van der Waals surface area contributed by atoms with Crippen molar-refractivity contribution < 1.29 is 4.79 Å². The van der Waals surface area contributed by atoms with Crippen LogP contribution < -0.4 is 5.73 Å². The highest BCUT2D eigenvalue weighted by Crippen LogP contribution is 2.22. The number of hydrogen-bond acceptors (Lipinski definition) is 3. The molecular weight excluding hydrogens is 216 g/mol. The molecule has 1 unspecified atom stereocenters. The number of hydrogen-bond donors (Lipinski definition) is 2. The Balaban J connectivity index is 2.03. The SMILES string of the molecule is CCC1CCCN(C(=O)c2cn[nH]c2N)CC1. The highest BCUT2D eigenvalue weighted by Gasteiger charge is 2.22. The first-order chi connectivity index (χ1) is 8.22. The summed E-state index contributed by atoms with van der Waals surface area (Å²) in [5, 5.41) is 6.40. The second-order valence-corrected chi connectivity index (χ2v) is 4.69. The van der Waals surface area contributed by atoms with Crippen molar-refractivity contribution in [3.8, 4) is 0 Å². The molecule has 1 fully saturated rings. The smallest absolute Gasteiger partial charge is 0.259 e. The van der Waals surface area contributed by atoms with E-state index in [2.05, 4.69) is 17.1 Å². The molecule has 1 saturated heterocycles. The molecule has 0 spiro atoms. The van der Waals surface area contributed by atoms with E-state index in [9.17, 15) is 4.79 Å².